The minimum atomic E-state index is 0.0144. The first kappa shape index (κ1) is 11.3. The van der Waals surface area contributed by atoms with Gasteiger partial charge in [0.15, 0.2) is 0 Å². The van der Waals surface area contributed by atoms with Gasteiger partial charge in [0, 0.05) is 18.8 Å². The fourth-order valence-electron chi connectivity index (χ4n) is 1.98. The molecule has 1 atom stereocenters. The Morgan fingerprint density at radius 3 is 3.06 bits per heavy atom. The van der Waals surface area contributed by atoms with Gasteiger partial charge < -0.3 is 10.2 Å². The number of nitrogens with one attached hydrogen (secondary N) is 1. The maximum absolute atomic E-state index is 11.6. The number of hydrogen-bond donors (Lipinski definition) is 2. The molecule has 2 amide bonds. The van der Waals surface area contributed by atoms with Crippen LogP contribution in [0, 0.1) is 6.92 Å². The maximum atomic E-state index is 11.6. The quantitative estimate of drug-likeness (QED) is 0.773. The first-order valence-electron chi connectivity index (χ1n) is 5.43. The molecule has 1 heterocycles. The Hall–Kier alpha value is -1.16. The summed E-state index contributed by atoms with van der Waals surface area (Å²) in [6.07, 6.45) is 0. The number of carbonyl (C=O) groups excluding carboxylic acids is 1. The predicted molar refractivity (Wildman–Crippen MR) is 67.9 cm³/mol. The highest BCUT2D eigenvalue weighted by Gasteiger charge is 2.28. The second-order valence-electron chi connectivity index (χ2n) is 4.09. The summed E-state index contributed by atoms with van der Waals surface area (Å²) in [6, 6.07) is 8.40. The summed E-state index contributed by atoms with van der Waals surface area (Å²) in [7, 11) is 0. The van der Waals surface area contributed by atoms with Crippen LogP contribution >= 0.6 is 12.6 Å². The Labute approximate surface area is 101 Å². The lowest BCUT2D eigenvalue weighted by Gasteiger charge is -2.13. The average molecular weight is 236 g/mol. The summed E-state index contributed by atoms with van der Waals surface area (Å²) >= 11 is 4.15. The number of thiol groups is 1. The number of benzene rings is 1. The van der Waals surface area contributed by atoms with E-state index in [9.17, 15) is 4.79 Å². The SMILES string of the molecule is Cc1cccc(C2CN(CCS)C(=O)N2)c1. The van der Waals surface area contributed by atoms with Crippen LogP contribution in [0.25, 0.3) is 0 Å². The Bertz CT molecular complexity index is 394. The van der Waals surface area contributed by atoms with Crippen LogP contribution in [-0.2, 0) is 0 Å². The van der Waals surface area contributed by atoms with Crippen molar-refractivity contribution in [1.29, 1.82) is 0 Å². The topological polar surface area (TPSA) is 32.3 Å². The highest BCUT2D eigenvalue weighted by Crippen LogP contribution is 2.20. The molecule has 1 saturated heterocycles. The smallest absolute Gasteiger partial charge is 0.318 e. The zero-order valence-corrected chi connectivity index (χ0v) is 10.2. The second kappa shape index (κ2) is 4.78. The molecule has 86 valence electrons. The van der Waals surface area contributed by atoms with Gasteiger partial charge in [0.05, 0.1) is 6.04 Å². The first-order chi connectivity index (χ1) is 7.70. The van der Waals surface area contributed by atoms with E-state index in [4.69, 9.17) is 0 Å². The molecule has 1 aromatic carbocycles. The van der Waals surface area contributed by atoms with Crippen LogP contribution in [0.2, 0.25) is 0 Å². The van der Waals surface area contributed by atoms with Crippen molar-refractivity contribution in [3.8, 4) is 0 Å². The lowest BCUT2D eigenvalue weighted by atomic mass is 10.1. The van der Waals surface area contributed by atoms with Gasteiger partial charge in [0.25, 0.3) is 0 Å². The fourth-order valence-corrected chi connectivity index (χ4v) is 2.22. The molecule has 1 aromatic rings. The summed E-state index contributed by atoms with van der Waals surface area (Å²) in [4.78, 5) is 13.4. The van der Waals surface area contributed by atoms with E-state index in [1.54, 1.807) is 4.90 Å². The molecule has 1 fully saturated rings. The highest BCUT2D eigenvalue weighted by atomic mass is 32.1. The molecule has 0 radical (unpaired) electrons. The zero-order valence-electron chi connectivity index (χ0n) is 9.31. The Balaban J connectivity index is 2.10. The monoisotopic (exact) mass is 236 g/mol. The van der Waals surface area contributed by atoms with Gasteiger partial charge in [-0.3, -0.25) is 0 Å². The van der Waals surface area contributed by atoms with Gasteiger partial charge in [-0.05, 0) is 12.5 Å². The van der Waals surface area contributed by atoms with Gasteiger partial charge in [0.2, 0.25) is 0 Å². The Morgan fingerprint density at radius 2 is 2.38 bits per heavy atom. The summed E-state index contributed by atoms with van der Waals surface area (Å²) < 4.78 is 0. The van der Waals surface area contributed by atoms with E-state index in [0.29, 0.717) is 12.3 Å². The van der Waals surface area contributed by atoms with Crippen LogP contribution in [0.1, 0.15) is 17.2 Å². The minimum Gasteiger partial charge on any atom is -0.329 e. The van der Waals surface area contributed by atoms with Crippen molar-refractivity contribution in [1.82, 2.24) is 10.2 Å². The maximum Gasteiger partial charge on any atom is 0.318 e. The first-order valence-corrected chi connectivity index (χ1v) is 6.07. The van der Waals surface area contributed by atoms with Crippen LogP contribution in [-0.4, -0.2) is 29.8 Å². The number of aryl methyl sites for hydroxylation is 1. The molecular weight excluding hydrogens is 220 g/mol. The van der Waals surface area contributed by atoms with E-state index in [2.05, 4.69) is 43.1 Å². The van der Waals surface area contributed by atoms with E-state index >= 15 is 0 Å². The van der Waals surface area contributed by atoms with Crippen molar-refractivity contribution in [2.75, 3.05) is 18.8 Å². The molecule has 4 heteroatoms. The van der Waals surface area contributed by atoms with Gasteiger partial charge in [-0.1, -0.05) is 29.8 Å². The average Bonchev–Trinajstić information content (AvgIpc) is 2.61. The standard InChI is InChI=1S/C12H16N2OS/c1-9-3-2-4-10(7-9)11-8-14(5-6-16)12(15)13-11/h2-4,7,11,16H,5-6,8H2,1H3,(H,13,15). The molecule has 0 aromatic heterocycles. The van der Waals surface area contributed by atoms with E-state index in [1.807, 2.05) is 6.07 Å². The van der Waals surface area contributed by atoms with Crippen LogP contribution in [0.15, 0.2) is 24.3 Å². The summed E-state index contributed by atoms with van der Waals surface area (Å²) in [5.41, 5.74) is 2.40. The van der Waals surface area contributed by atoms with Crippen molar-refractivity contribution >= 4 is 18.7 Å². The number of hydrogen-bond acceptors (Lipinski definition) is 2. The molecule has 16 heavy (non-hydrogen) atoms. The molecule has 1 unspecified atom stereocenters. The molecule has 2 rings (SSSR count). The van der Waals surface area contributed by atoms with Crippen molar-refractivity contribution < 1.29 is 4.79 Å². The van der Waals surface area contributed by atoms with Crippen LogP contribution in [0.5, 0.6) is 0 Å². The third kappa shape index (κ3) is 2.32. The molecule has 1 N–H and O–H groups in total. The van der Waals surface area contributed by atoms with Crippen molar-refractivity contribution in [2.24, 2.45) is 0 Å². The molecule has 0 aliphatic carbocycles. The number of urea groups is 1. The molecule has 1 aliphatic rings. The lowest BCUT2D eigenvalue weighted by Crippen LogP contribution is -2.29. The van der Waals surface area contributed by atoms with Crippen LogP contribution in [0.4, 0.5) is 4.79 Å². The van der Waals surface area contributed by atoms with E-state index < -0.39 is 0 Å². The van der Waals surface area contributed by atoms with E-state index in [1.165, 1.54) is 11.1 Å². The normalized spacial score (nSPS) is 20.0. The Kier molecular flexibility index (Phi) is 3.39. The largest absolute Gasteiger partial charge is 0.329 e. The van der Waals surface area contributed by atoms with Gasteiger partial charge in [-0.2, -0.15) is 12.6 Å². The number of rotatable bonds is 3. The van der Waals surface area contributed by atoms with Gasteiger partial charge >= 0.3 is 6.03 Å². The molecule has 0 saturated carbocycles. The molecule has 1 aliphatic heterocycles. The molecule has 3 nitrogen and oxygen atoms in total. The van der Waals surface area contributed by atoms with Gasteiger partial charge in [-0.15, -0.1) is 0 Å². The highest BCUT2D eigenvalue weighted by molar-refractivity contribution is 7.80. The van der Waals surface area contributed by atoms with E-state index in [-0.39, 0.29) is 12.1 Å². The summed E-state index contributed by atoms with van der Waals surface area (Å²) in [6.45, 7) is 3.51. The van der Waals surface area contributed by atoms with Crippen LogP contribution in [0.3, 0.4) is 0 Å². The number of nitrogens with zero attached hydrogens (tertiary/aromatic N) is 1. The summed E-state index contributed by atoms with van der Waals surface area (Å²) in [5.74, 6) is 0.702. The Morgan fingerprint density at radius 1 is 1.56 bits per heavy atom. The third-order valence-electron chi connectivity index (χ3n) is 2.80. The van der Waals surface area contributed by atoms with Crippen molar-refractivity contribution in [2.45, 2.75) is 13.0 Å². The minimum absolute atomic E-state index is 0.0144. The fraction of sp³-hybridized carbons (Fsp3) is 0.417. The second-order valence-corrected chi connectivity index (χ2v) is 4.53. The number of amides is 2. The molecule has 0 spiro atoms. The van der Waals surface area contributed by atoms with Crippen molar-refractivity contribution in [3.63, 3.8) is 0 Å². The van der Waals surface area contributed by atoms with Gasteiger partial charge in [-0.25, -0.2) is 4.79 Å². The third-order valence-corrected chi connectivity index (χ3v) is 3.00. The molecular formula is C12H16N2OS. The van der Waals surface area contributed by atoms with Crippen molar-refractivity contribution in [3.05, 3.63) is 35.4 Å². The summed E-state index contributed by atoms with van der Waals surface area (Å²) in [5, 5.41) is 2.99. The lowest BCUT2D eigenvalue weighted by molar-refractivity contribution is 0.220. The zero-order chi connectivity index (χ0) is 11.5. The predicted octanol–water partition coefficient (Wildman–Crippen LogP) is 1.99. The van der Waals surface area contributed by atoms with E-state index in [0.717, 1.165) is 6.54 Å². The number of carbonyl (C=O) groups is 1. The van der Waals surface area contributed by atoms with Gasteiger partial charge in [0.1, 0.15) is 0 Å². The molecule has 0 bridgehead atoms. The van der Waals surface area contributed by atoms with Crippen LogP contribution < -0.4 is 5.32 Å².